The van der Waals surface area contributed by atoms with Crippen molar-refractivity contribution in [3.05, 3.63) is 40.1 Å². The summed E-state index contributed by atoms with van der Waals surface area (Å²) in [7, 11) is 2.01. The number of rotatable bonds is 4. The number of aromatic nitrogens is 2. The van der Waals surface area contributed by atoms with Crippen molar-refractivity contribution < 1.29 is 0 Å². The summed E-state index contributed by atoms with van der Waals surface area (Å²) in [5.41, 5.74) is 8.31. The summed E-state index contributed by atoms with van der Waals surface area (Å²) in [6.07, 6.45) is 1.71. The van der Waals surface area contributed by atoms with Gasteiger partial charge in [0.1, 0.15) is 4.99 Å². The van der Waals surface area contributed by atoms with Gasteiger partial charge in [-0.15, -0.1) is 11.3 Å². The highest BCUT2D eigenvalue weighted by atomic mass is 32.1. The predicted octanol–water partition coefficient (Wildman–Crippen LogP) is 2.12. The molecule has 0 saturated heterocycles. The van der Waals surface area contributed by atoms with Crippen LogP contribution in [0.4, 0.5) is 5.69 Å². The topological polar surface area (TPSA) is 55.0 Å². The second-order valence-corrected chi connectivity index (χ2v) is 5.48. The van der Waals surface area contributed by atoms with Crippen LogP contribution in [0.2, 0.25) is 0 Å². The van der Waals surface area contributed by atoms with Crippen LogP contribution in [-0.4, -0.2) is 22.0 Å². The third kappa shape index (κ3) is 3.02. The number of nitrogens with two attached hydrogens (primary N) is 1. The van der Waals surface area contributed by atoms with E-state index in [1.165, 1.54) is 0 Å². The van der Waals surface area contributed by atoms with Crippen molar-refractivity contribution in [3.8, 4) is 0 Å². The highest BCUT2D eigenvalue weighted by Crippen LogP contribution is 2.17. The Hall–Kier alpha value is -1.53. The van der Waals surface area contributed by atoms with Crippen molar-refractivity contribution in [2.24, 2.45) is 5.73 Å². The Balaban J connectivity index is 2.15. The van der Waals surface area contributed by atoms with Gasteiger partial charge in [-0.1, -0.05) is 12.2 Å². The van der Waals surface area contributed by atoms with Gasteiger partial charge < -0.3 is 10.6 Å². The van der Waals surface area contributed by atoms with Crippen LogP contribution in [0.3, 0.4) is 0 Å². The second-order valence-electron chi connectivity index (χ2n) is 3.98. The van der Waals surface area contributed by atoms with Gasteiger partial charge >= 0.3 is 0 Å². The number of aryl methyl sites for hydroxylation is 1. The molecule has 4 nitrogen and oxygen atoms in total. The van der Waals surface area contributed by atoms with E-state index in [1.54, 1.807) is 17.5 Å². The van der Waals surface area contributed by atoms with E-state index in [0.717, 1.165) is 22.9 Å². The summed E-state index contributed by atoms with van der Waals surface area (Å²) < 4.78 is 0. The molecule has 6 heteroatoms. The molecule has 2 aromatic heterocycles. The Kier molecular flexibility index (Phi) is 3.88. The lowest BCUT2D eigenvalue weighted by atomic mass is 10.3. The van der Waals surface area contributed by atoms with Crippen molar-refractivity contribution in [2.45, 2.75) is 13.5 Å². The Labute approximate surface area is 115 Å². The molecular formula is C12H14N4S2. The summed E-state index contributed by atoms with van der Waals surface area (Å²) in [5.74, 6) is 0. The fraction of sp³-hybridized carbons (Fsp3) is 0.250. The van der Waals surface area contributed by atoms with Gasteiger partial charge in [-0.3, -0.25) is 4.98 Å². The first-order valence-corrected chi connectivity index (χ1v) is 6.73. The van der Waals surface area contributed by atoms with Crippen LogP contribution in [0.5, 0.6) is 0 Å². The summed E-state index contributed by atoms with van der Waals surface area (Å²) in [4.78, 5) is 11.0. The molecule has 0 bridgehead atoms. The molecule has 2 N–H and O–H groups in total. The zero-order chi connectivity index (χ0) is 13.1. The van der Waals surface area contributed by atoms with Crippen LogP contribution < -0.4 is 10.6 Å². The molecule has 0 atom stereocenters. The highest BCUT2D eigenvalue weighted by Gasteiger charge is 2.07. The van der Waals surface area contributed by atoms with E-state index in [0.29, 0.717) is 10.7 Å². The molecule has 2 aromatic rings. The van der Waals surface area contributed by atoms with E-state index in [-0.39, 0.29) is 0 Å². The van der Waals surface area contributed by atoms with Crippen LogP contribution in [0.15, 0.2) is 23.7 Å². The summed E-state index contributed by atoms with van der Waals surface area (Å²) in [6.45, 7) is 2.76. The molecule has 0 fully saturated rings. The standard InChI is InChI=1S/C12H14N4S2/c1-8-15-9(7-18-8)6-16(2)10-3-4-14-11(5-10)12(13)17/h3-5,7H,6H2,1-2H3,(H2,13,17). The molecule has 0 unspecified atom stereocenters. The quantitative estimate of drug-likeness (QED) is 0.868. The Morgan fingerprint density at radius 2 is 2.33 bits per heavy atom. The fourth-order valence-electron chi connectivity index (χ4n) is 1.61. The number of thiocarbonyl (C=S) groups is 1. The molecule has 18 heavy (non-hydrogen) atoms. The van der Waals surface area contributed by atoms with Crippen LogP contribution in [0.25, 0.3) is 0 Å². The number of thiazole rings is 1. The Morgan fingerprint density at radius 1 is 1.56 bits per heavy atom. The van der Waals surface area contributed by atoms with Crippen molar-refractivity contribution in [1.29, 1.82) is 0 Å². The van der Waals surface area contributed by atoms with Gasteiger partial charge in [0.2, 0.25) is 0 Å². The van der Waals surface area contributed by atoms with Gasteiger partial charge in [0.05, 0.1) is 22.9 Å². The SMILES string of the molecule is Cc1nc(CN(C)c2ccnc(C(N)=S)c2)cs1. The fourth-order valence-corrected chi connectivity index (χ4v) is 2.32. The number of hydrogen-bond donors (Lipinski definition) is 1. The molecule has 0 aliphatic rings. The maximum atomic E-state index is 5.58. The van der Waals surface area contributed by atoms with Crippen LogP contribution in [0.1, 0.15) is 16.4 Å². The third-order valence-corrected chi connectivity index (χ3v) is 3.53. The van der Waals surface area contributed by atoms with E-state index in [1.807, 2.05) is 26.1 Å². The average molecular weight is 278 g/mol. The molecule has 0 radical (unpaired) electrons. The minimum Gasteiger partial charge on any atom is -0.388 e. The van der Waals surface area contributed by atoms with E-state index in [2.05, 4.69) is 20.2 Å². The first-order valence-electron chi connectivity index (χ1n) is 5.44. The molecule has 94 valence electrons. The maximum absolute atomic E-state index is 5.58. The van der Waals surface area contributed by atoms with E-state index in [9.17, 15) is 0 Å². The zero-order valence-electron chi connectivity index (χ0n) is 10.3. The first-order chi connectivity index (χ1) is 8.56. The molecule has 0 aliphatic heterocycles. The summed E-state index contributed by atoms with van der Waals surface area (Å²) >= 11 is 6.59. The summed E-state index contributed by atoms with van der Waals surface area (Å²) in [6, 6.07) is 3.82. The van der Waals surface area contributed by atoms with E-state index in [4.69, 9.17) is 18.0 Å². The highest BCUT2D eigenvalue weighted by molar-refractivity contribution is 7.80. The van der Waals surface area contributed by atoms with E-state index < -0.39 is 0 Å². The molecule has 0 amide bonds. The Bertz CT molecular complexity index is 565. The Morgan fingerprint density at radius 3 is 2.94 bits per heavy atom. The molecular weight excluding hydrogens is 264 g/mol. The second kappa shape index (κ2) is 5.41. The van der Waals surface area contributed by atoms with Crippen molar-refractivity contribution in [2.75, 3.05) is 11.9 Å². The number of hydrogen-bond acceptors (Lipinski definition) is 5. The monoisotopic (exact) mass is 278 g/mol. The van der Waals surface area contributed by atoms with Gasteiger partial charge in [-0.05, 0) is 19.1 Å². The molecule has 2 heterocycles. The van der Waals surface area contributed by atoms with Gasteiger partial charge in [0.25, 0.3) is 0 Å². The third-order valence-electron chi connectivity index (χ3n) is 2.50. The smallest absolute Gasteiger partial charge is 0.122 e. The minimum absolute atomic E-state index is 0.315. The minimum atomic E-state index is 0.315. The van der Waals surface area contributed by atoms with Crippen LogP contribution in [0, 0.1) is 6.92 Å². The molecule has 0 spiro atoms. The number of pyridine rings is 1. The molecule has 0 saturated carbocycles. The van der Waals surface area contributed by atoms with Crippen molar-refractivity contribution >= 4 is 34.2 Å². The van der Waals surface area contributed by atoms with Crippen molar-refractivity contribution in [1.82, 2.24) is 9.97 Å². The van der Waals surface area contributed by atoms with Gasteiger partial charge in [0, 0.05) is 24.3 Å². The zero-order valence-corrected chi connectivity index (χ0v) is 11.9. The van der Waals surface area contributed by atoms with Crippen LogP contribution in [-0.2, 0) is 6.54 Å². The molecule has 2 rings (SSSR count). The average Bonchev–Trinajstić information content (AvgIpc) is 2.75. The normalized spacial score (nSPS) is 10.3. The molecule has 0 aromatic carbocycles. The van der Waals surface area contributed by atoms with Gasteiger partial charge in [-0.25, -0.2) is 4.98 Å². The van der Waals surface area contributed by atoms with Gasteiger partial charge in [0.15, 0.2) is 0 Å². The van der Waals surface area contributed by atoms with E-state index >= 15 is 0 Å². The van der Waals surface area contributed by atoms with Gasteiger partial charge in [-0.2, -0.15) is 0 Å². The van der Waals surface area contributed by atoms with Crippen LogP contribution >= 0.6 is 23.6 Å². The lowest BCUT2D eigenvalue weighted by molar-refractivity contribution is 0.888. The first kappa shape index (κ1) is 12.9. The number of nitrogens with zero attached hydrogens (tertiary/aromatic N) is 3. The van der Waals surface area contributed by atoms with Crippen molar-refractivity contribution in [3.63, 3.8) is 0 Å². The molecule has 0 aliphatic carbocycles. The summed E-state index contributed by atoms with van der Waals surface area (Å²) in [5, 5.41) is 3.15. The predicted molar refractivity (Wildman–Crippen MR) is 79.1 cm³/mol. The number of anilines is 1. The lowest BCUT2D eigenvalue weighted by Crippen LogP contribution is -2.18. The maximum Gasteiger partial charge on any atom is 0.122 e. The largest absolute Gasteiger partial charge is 0.388 e. The lowest BCUT2D eigenvalue weighted by Gasteiger charge is -2.18.